The molecule has 1 atom stereocenters. The Morgan fingerprint density at radius 1 is 0.469 bits per heavy atom. The first-order chi connectivity index (χ1) is 15.7. The molecule has 0 aromatic heterocycles. The number of Topliss-reactive ketones (excluding diaryl/α,β-unsaturated/α-hetero) is 1. The minimum absolute atomic E-state index is 0.0832. The second-order valence-electron chi connectivity index (χ2n) is 10.3. The van der Waals surface area contributed by atoms with Crippen LogP contribution in [0.3, 0.4) is 0 Å². The average molecular weight is 453 g/mol. The number of rotatable bonds is 27. The molecule has 0 aliphatic carbocycles. The predicted molar refractivity (Wildman–Crippen MR) is 142 cm³/mol. The van der Waals surface area contributed by atoms with E-state index in [0.29, 0.717) is 12.8 Å². The summed E-state index contributed by atoms with van der Waals surface area (Å²) in [5.41, 5.74) is 0. The van der Waals surface area contributed by atoms with Gasteiger partial charge in [-0.3, -0.25) is 4.79 Å². The molecule has 32 heavy (non-hydrogen) atoms. The maximum Gasteiger partial charge on any atom is 0.161 e. The molecule has 0 saturated carbocycles. The van der Waals surface area contributed by atoms with Crippen LogP contribution in [-0.2, 0) is 4.79 Å². The Hall–Kier alpha value is -0.370. The Labute approximate surface area is 202 Å². The second kappa shape index (κ2) is 26.9. The number of ketones is 1. The molecule has 0 heterocycles. The summed E-state index contributed by atoms with van der Waals surface area (Å²) in [6.07, 6.45) is 32.2. The van der Waals surface area contributed by atoms with Crippen molar-refractivity contribution in [3.8, 4) is 0 Å². The molecule has 0 amide bonds. The lowest BCUT2D eigenvalue weighted by Crippen LogP contribution is -2.19. The van der Waals surface area contributed by atoms with E-state index in [1.807, 2.05) is 0 Å². The van der Waals surface area contributed by atoms with Crippen molar-refractivity contribution < 1.29 is 9.90 Å². The van der Waals surface area contributed by atoms with Gasteiger partial charge in [0.2, 0.25) is 0 Å². The van der Waals surface area contributed by atoms with Gasteiger partial charge in [0.15, 0.2) is 5.78 Å². The largest absolute Gasteiger partial charge is 0.385 e. The molecule has 1 N–H and O–H groups in total. The van der Waals surface area contributed by atoms with Crippen LogP contribution in [0.25, 0.3) is 0 Å². The summed E-state index contributed by atoms with van der Waals surface area (Å²) in [6, 6.07) is 0. The summed E-state index contributed by atoms with van der Waals surface area (Å²) >= 11 is 0. The lowest BCUT2D eigenvalue weighted by Gasteiger charge is -2.09. The van der Waals surface area contributed by atoms with Crippen LogP contribution in [-0.4, -0.2) is 17.0 Å². The van der Waals surface area contributed by atoms with Gasteiger partial charge in [-0.05, 0) is 12.8 Å². The maximum absolute atomic E-state index is 12.1. The van der Waals surface area contributed by atoms with E-state index in [1.54, 1.807) is 0 Å². The van der Waals surface area contributed by atoms with Gasteiger partial charge in [-0.15, -0.1) is 0 Å². The van der Waals surface area contributed by atoms with Crippen molar-refractivity contribution in [2.45, 2.75) is 187 Å². The van der Waals surface area contributed by atoms with E-state index in [2.05, 4.69) is 13.8 Å². The summed E-state index contributed by atoms with van der Waals surface area (Å²) < 4.78 is 0. The second-order valence-corrected chi connectivity index (χ2v) is 10.3. The molecule has 0 aromatic rings. The van der Waals surface area contributed by atoms with Crippen LogP contribution in [0, 0.1) is 0 Å². The van der Waals surface area contributed by atoms with Crippen molar-refractivity contribution in [3.63, 3.8) is 0 Å². The van der Waals surface area contributed by atoms with Crippen molar-refractivity contribution in [2.24, 2.45) is 0 Å². The molecule has 0 aliphatic heterocycles. The van der Waals surface area contributed by atoms with Gasteiger partial charge in [-0.1, -0.05) is 162 Å². The van der Waals surface area contributed by atoms with Gasteiger partial charge in [0, 0.05) is 6.42 Å². The number of aliphatic hydroxyl groups excluding tert-OH is 1. The van der Waals surface area contributed by atoms with Gasteiger partial charge in [0.05, 0.1) is 0 Å². The maximum atomic E-state index is 12.1. The van der Waals surface area contributed by atoms with E-state index < -0.39 is 6.10 Å². The van der Waals surface area contributed by atoms with Crippen LogP contribution in [0.2, 0.25) is 0 Å². The van der Waals surface area contributed by atoms with E-state index in [-0.39, 0.29) is 5.78 Å². The SMILES string of the molecule is CCCCCCCCCCCCCCCC(O)C(=O)CCCCCCCCCCCCC. The van der Waals surface area contributed by atoms with Gasteiger partial charge in [-0.25, -0.2) is 0 Å². The van der Waals surface area contributed by atoms with Gasteiger partial charge in [-0.2, -0.15) is 0 Å². The molecule has 0 aliphatic rings. The first-order valence-electron chi connectivity index (χ1n) is 14.9. The molecule has 0 fully saturated rings. The standard InChI is InChI=1S/C30H60O2/c1-3-5-7-9-11-13-15-16-18-20-22-24-26-28-30(32)29(31)27-25-23-21-19-17-14-12-10-8-6-4-2/h30,32H,3-28H2,1-2H3. The molecule has 0 aromatic carbocycles. The quantitative estimate of drug-likeness (QED) is 0.126. The van der Waals surface area contributed by atoms with Crippen molar-refractivity contribution in [2.75, 3.05) is 0 Å². The van der Waals surface area contributed by atoms with Gasteiger partial charge in [0.25, 0.3) is 0 Å². The van der Waals surface area contributed by atoms with Crippen LogP contribution in [0.4, 0.5) is 0 Å². The van der Waals surface area contributed by atoms with Gasteiger partial charge in [0.1, 0.15) is 6.10 Å². The number of hydrogen-bond donors (Lipinski definition) is 1. The summed E-state index contributed by atoms with van der Waals surface area (Å²) in [5.74, 6) is 0.0832. The van der Waals surface area contributed by atoms with Crippen LogP contribution >= 0.6 is 0 Å². The zero-order valence-electron chi connectivity index (χ0n) is 22.3. The summed E-state index contributed by atoms with van der Waals surface area (Å²) in [5, 5.41) is 10.1. The summed E-state index contributed by atoms with van der Waals surface area (Å²) in [4.78, 5) is 12.1. The molecule has 0 radical (unpaired) electrons. The molecule has 0 rings (SSSR count). The van der Waals surface area contributed by atoms with E-state index in [9.17, 15) is 9.90 Å². The Morgan fingerprint density at radius 3 is 1.09 bits per heavy atom. The number of unbranched alkanes of at least 4 members (excludes halogenated alkanes) is 22. The van der Waals surface area contributed by atoms with Crippen LogP contribution in [0.1, 0.15) is 181 Å². The first-order valence-corrected chi connectivity index (χ1v) is 14.9. The summed E-state index contributed by atoms with van der Waals surface area (Å²) in [7, 11) is 0. The van der Waals surface area contributed by atoms with Gasteiger partial charge >= 0.3 is 0 Å². The van der Waals surface area contributed by atoms with Crippen molar-refractivity contribution in [3.05, 3.63) is 0 Å². The molecule has 1 unspecified atom stereocenters. The molecule has 0 bridgehead atoms. The topological polar surface area (TPSA) is 37.3 Å². The summed E-state index contributed by atoms with van der Waals surface area (Å²) in [6.45, 7) is 4.54. The third-order valence-electron chi connectivity index (χ3n) is 6.98. The highest BCUT2D eigenvalue weighted by molar-refractivity contribution is 5.82. The number of carbonyl (C=O) groups is 1. The molecular weight excluding hydrogens is 392 g/mol. The number of hydrogen-bond acceptors (Lipinski definition) is 2. The Bertz CT molecular complexity index is 366. The normalized spacial score (nSPS) is 12.3. The third kappa shape index (κ3) is 24.3. The lowest BCUT2D eigenvalue weighted by atomic mass is 10.00. The number of aliphatic hydroxyl groups is 1. The van der Waals surface area contributed by atoms with E-state index in [4.69, 9.17) is 0 Å². The minimum atomic E-state index is -0.703. The van der Waals surface area contributed by atoms with Crippen LogP contribution in [0.5, 0.6) is 0 Å². The predicted octanol–water partition coefficient (Wildman–Crippen LogP) is 10.1. The van der Waals surface area contributed by atoms with Crippen molar-refractivity contribution in [1.82, 2.24) is 0 Å². The Balaban J connectivity index is 3.29. The van der Waals surface area contributed by atoms with Crippen LogP contribution in [0.15, 0.2) is 0 Å². The van der Waals surface area contributed by atoms with Crippen molar-refractivity contribution >= 4 is 5.78 Å². The molecule has 2 heteroatoms. The highest BCUT2D eigenvalue weighted by atomic mass is 16.3. The average Bonchev–Trinajstić information content (AvgIpc) is 2.80. The minimum Gasteiger partial charge on any atom is -0.385 e. The molecule has 0 saturated heterocycles. The zero-order chi connectivity index (χ0) is 23.5. The zero-order valence-corrected chi connectivity index (χ0v) is 22.3. The third-order valence-corrected chi connectivity index (χ3v) is 6.98. The van der Waals surface area contributed by atoms with E-state index >= 15 is 0 Å². The van der Waals surface area contributed by atoms with Crippen molar-refractivity contribution in [1.29, 1.82) is 0 Å². The number of carbonyl (C=O) groups excluding carboxylic acids is 1. The first kappa shape index (κ1) is 31.6. The molecule has 192 valence electrons. The van der Waals surface area contributed by atoms with Gasteiger partial charge < -0.3 is 5.11 Å². The van der Waals surface area contributed by atoms with E-state index in [1.165, 1.54) is 135 Å². The lowest BCUT2D eigenvalue weighted by molar-refractivity contribution is -0.127. The fourth-order valence-corrected chi connectivity index (χ4v) is 4.65. The van der Waals surface area contributed by atoms with E-state index in [0.717, 1.165) is 19.3 Å². The molecule has 2 nitrogen and oxygen atoms in total. The fraction of sp³-hybridized carbons (Fsp3) is 0.967. The Morgan fingerprint density at radius 2 is 0.750 bits per heavy atom. The molecular formula is C30H60O2. The van der Waals surface area contributed by atoms with Crippen LogP contribution < -0.4 is 0 Å². The fourth-order valence-electron chi connectivity index (χ4n) is 4.65. The monoisotopic (exact) mass is 452 g/mol. The smallest absolute Gasteiger partial charge is 0.161 e. The molecule has 0 spiro atoms. The Kier molecular flexibility index (Phi) is 26.6. The highest BCUT2D eigenvalue weighted by Crippen LogP contribution is 2.15. The highest BCUT2D eigenvalue weighted by Gasteiger charge is 2.13.